The van der Waals surface area contributed by atoms with Crippen molar-refractivity contribution in [1.82, 2.24) is 0 Å². The van der Waals surface area contributed by atoms with Gasteiger partial charge in [-0.3, -0.25) is 4.21 Å². The van der Waals surface area contributed by atoms with E-state index in [2.05, 4.69) is 0 Å². The normalized spacial score (nSPS) is 11.8. The van der Waals surface area contributed by atoms with Gasteiger partial charge in [0, 0.05) is 0 Å². The minimum Gasteiger partial charge on any atom is -0.493 e. The zero-order valence-corrected chi connectivity index (χ0v) is 11.5. The Morgan fingerprint density at radius 3 is 2.40 bits per heavy atom. The fourth-order valence-electron chi connectivity index (χ4n) is 1.70. The van der Waals surface area contributed by atoms with E-state index in [1.807, 2.05) is 30.3 Å². The summed E-state index contributed by atoms with van der Waals surface area (Å²) in [5.74, 6) is -0.118. The van der Waals surface area contributed by atoms with Gasteiger partial charge in [0.2, 0.25) is 0 Å². The first-order chi connectivity index (χ1) is 9.68. The Morgan fingerprint density at radius 2 is 1.70 bits per heavy atom. The Labute approximate surface area is 119 Å². The van der Waals surface area contributed by atoms with Gasteiger partial charge < -0.3 is 9.84 Å². The molecule has 0 aliphatic heterocycles. The minimum absolute atomic E-state index is 0.0746. The van der Waals surface area contributed by atoms with E-state index >= 15 is 0 Å². The summed E-state index contributed by atoms with van der Waals surface area (Å²) < 4.78 is 17.6. The summed E-state index contributed by atoms with van der Waals surface area (Å²) in [5, 5.41) is 9.05. The largest absolute Gasteiger partial charge is 0.493 e. The van der Waals surface area contributed by atoms with Crippen molar-refractivity contribution in [2.24, 2.45) is 0 Å². The molecule has 1 unspecified atom stereocenters. The summed E-state index contributed by atoms with van der Waals surface area (Å²) in [4.78, 5) is 11.4. The van der Waals surface area contributed by atoms with Crippen molar-refractivity contribution in [3.8, 4) is 5.75 Å². The molecule has 5 heteroatoms. The van der Waals surface area contributed by atoms with Crippen molar-refractivity contribution in [1.29, 1.82) is 0 Å². The Morgan fingerprint density at radius 1 is 1.05 bits per heavy atom. The maximum atomic E-state index is 12.1. The van der Waals surface area contributed by atoms with Crippen LogP contribution in [0.2, 0.25) is 0 Å². The molecule has 2 aromatic rings. The number of para-hydroxylation sites is 1. The Kier molecular flexibility index (Phi) is 4.90. The molecule has 0 spiro atoms. The molecular weight excluding hydrogens is 276 g/mol. The molecule has 104 valence electrons. The Balaban J connectivity index is 1.97. The van der Waals surface area contributed by atoms with Gasteiger partial charge in [-0.2, -0.15) is 0 Å². The van der Waals surface area contributed by atoms with Crippen molar-refractivity contribution in [2.75, 3.05) is 12.4 Å². The van der Waals surface area contributed by atoms with Crippen LogP contribution in [0.5, 0.6) is 5.75 Å². The second-order valence-corrected chi connectivity index (χ2v) is 5.55. The molecule has 0 amide bonds. The van der Waals surface area contributed by atoms with E-state index in [0.29, 0.717) is 10.6 Å². The van der Waals surface area contributed by atoms with Crippen LogP contribution < -0.4 is 4.74 Å². The van der Waals surface area contributed by atoms with Gasteiger partial charge in [-0.25, -0.2) is 4.79 Å². The zero-order chi connectivity index (χ0) is 14.4. The topological polar surface area (TPSA) is 63.6 Å². The molecule has 0 fully saturated rings. The molecule has 4 nitrogen and oxygen atoms in total. The second-order valence-electron chi connectivity index (χ2n) is 4.01. The van der Waals surface area contributed by atoms with Gasteiger partial charge >= 0.3 is 5.97 Å². The molecule has 20 heavy (non-hydrogen) atoms. The number of aromatic carboxylic acids is 1. The van der Waals surface area contributed by atoms with Crippen molar-refractivity contribution in [3.05, 3.63) is 60.2 Å². The summed E-state index contributed by atoms with van der Waals surface area (Å²) in [7, 11) is -1.40. The third-order valence-corrected chi connectivity index (χ3v) is 4.03. The summed E-state index contributed by atoms with van der Waals surface area (Å²) in [6.45, 7) is 0.268. The molecule has 2 aromatic carbocycles. The quantitative estimate of drug-likeness (QED) is 0.888. The van der Waals surface area contributed by atoms with E-state index in [-0.39, 0.29) is 17.9 Å². The number of hydrogen-bond acceptors (Lipinski definition) is 3. The molecule has 0 bridgehead atoms. The Hall–Kier alpha value is -2.14. The molecule has 0 heterocycles. The fourth-order valence-corrected chi connectivity index (χ4v) is 2.79. The minimum atomic E-state index is -1.40. The number of rotatable bonds is 6. The van der Waals surface area contributed by atoms with Crippen LogP contribution in [-0.2, 0) is 10.8 Å². The molecule has 0 radical (unpaired) electrons. The van der Waals surface area contributed by atoms with Gasteiger partial charge in [-0.1, -0.05) is 30.3 Å². The molecule has 0 aliphatic rings. The molecule has 2 rings (SSSR count). The molecule has 0 saturated heterocycles. The molecule has 0 aliphatic carbocycles. The van der Waals surface area contributed by atoms with Crippen LogP contribution in [0.15, 0.2) is 59.5 Å². The van der Waals surface area contributed by atoms with E-state index in [0.717, 1.165) is 0 Å². The predicted octanol–water partition coefficient (Wildman–Crippen LogP) is 2.57. The first kappa shape index (κ1) is 14.3. The van der Waals surface area contributed by atoms with Gasteiger partial charge in [-0.15, -0.1) is 0 Å². The van der Waals surface area contributed by atoms with Crippen LogP contribution in [0.3, 0.4) is 0 Å². The highest BCUT2D eigenvalue weighted by Crippen LogP contribution is 2.14. The first-order valence-electron chi connectivity index (χ1n) is 6.07. The van der Waals surface area contributed by atoms with Crippen molar-refractivity contribution in [3.63, 3.8) is 0 Å². The van der Waals surface area contributed by atoms with Crippen LogP contribution in [0.25, 0.3) is 0 Å². The highest BCUT2D eigenvalue weighted by molar-refractivity contribution is 7.85. The summed E-state index contributed by atoms with van der Waals surface area (Å²) in [6.07, 6.45) is 0. The lowest BCUT2D eigenvalue weighted by molar-refractivity contribution is 0.0693. The first-order valence-corrected chi connectivity index (χ1v) is 7.39. The van der Waals surface area contributed by atoms with Crippen LogP contribution in [0, 0.1) is 0 Å². The van der Waals surface area contributed by atoms with E-state index in [1.54, 1.807) is 18.2 Å². The summed E-state index contributed by atoms with van der Waals surface area (Å²) >= 11 is 0. The average Bonchev–Trinajstić information content (AvgIpc) is 2.48. The van der Waals surface area contributed by atoms with Gasteiger partial charge in [0.05, 0.1) is 27.0 Å². The molecule has 0 aromatic heterocycles. The van der Waals surface area contributed by atoms with Gasteiger partial charge in [0.15, 0.2) is 0 Å². The van der Waals surface area contributed by atoms with Crippen molar-refractivity contribution >= 4 is 16.8 Å². The van der Waals surface area contributed by atoms with E-state index in [9.17, 15) is 9.00 Å². The lowest BCUT2D eigenvalue weighted by atomic mass is 10.2. The number of carboxylic acids is 1. The maximum absolute atomic E-state index is 12.1. The average molecular weight is 290 g/mol. The third kappa shape index (κ3) is 3.68. The number of carboxylic acid groups (broad SMARTS) is 1. The smallest absolute Gasteiger partial charge is 0.336 e. The second kappa shape index (κ2) is 6.86. The lowest BCUT2D eigenvalue weighted by Crippen LogP contribution is -2.12. The van der Waals surface area contributed by atoms with E-state index < -0.39 is 16.8 Å². The summed E-state index contributed by atoms with van der Waals surface area (Å²) in [6, 6.07) is 15.5. The van der Waals surface area contributed by atoms with Gasteiger partial charge in [0.25, 0.3) is 0 Å². The Bertz CT molecular complexity index is 610. The molecule has 1 N–H and O–H groups in total. The lowest BCUT2D eigenvalue weighted by Gasteiger charge is -2.07. The number of hydrogen-bond donors (Lipinski definition) is 1. The standard InChI is InChI=1S/C15H14O4S/c16-15(17)13-8-4-5-9-14(13)20(18)11-10-19-12-6-2-1-3-7-12/h1-9H,10-11H2,(H,16,17). The van der Waals surface area contributed by atoms with Gasteiger partial charge in [0.1, 0.15) is 12.4 Å². The van der Waals surface area contributed by atoms with Crippen LogP contribution >= 0.6 is 0 Å². The molecule has 1 atom stereocenters. The van der Waals surface area contributed by atoms with Crippen LogP contribution in [-0.4, -0.2) is 27.6 Å². The maximum Gasteiger partial charge on any atom is 0.336 e. The third-order valence-electron chi connectivity index (χ3n) is 2.64. The van der Waals surface area contributed by atoms with E-state index in [1.165, 1.54) is 6.07 Å². The number of benzene rings is 2. The highest BCUT2D eigenvalue weighted by Gasteiger charge is 2.14. The molecule has 0 saturated carbocycles. The predicted molar refractivity (Wildman–Crippen MR) is 76.6 cm³/mol. The SMILES string of the molecule is O=C(O)c1ccccc1S(=O)CCOc1ccccc1. The monoisotopic (exact) mass is 290 g/mol. The van der Waals surface area contributed by atoms with Crippen molar-refractivity contribution in [2.45, 2.75) is 4.90 Å². The van der Waals surface area contributed by atoms with Gasteiger partial charge in [-0.05, 0) is 24.3 Å². The highest BCUT2D eigenvalue weighted by atomic mass is 32.2. The number of ether oxygens (including phenoxy) is 1. The molecular formula is C15H14O4S. The number of carbonyl (C=O) groups is 1. The van der Waals surface area contributed by atoms with E-state index in [4.69, 9.17) is 9.84 Å². The fraction of sp³-hybridized carbons (Fsp3) is 0.133. The zero-order valence-electron chi connectivity index (χ0n) is 10.7. The van der Waals surface area contributed by atoms with Crippen molar-refractivity contribution < 1.29 is 18.8 Å². The van der Waals surface area contributed by atoms with Crippen LogP contribution in [0.1, 0.15) is 10.4 Å². The summed E-state index contributed by atoms with van der Waals surface area (Å²) in [5.41, 5.74) is 0.0746. The van der Waals surface area contributed by atoms with Crippen LogP contribution in [0.4, 0.5) is 0 Å².